The fraction of sp³-hybridized carbons (Fsp3) is 0.222. The van der Waals surface area contributed by atoms with E-state index >= 15 is 0 Å². The van der Waals surface area contributed by atoms with E-state index in [0.717, 1.165) is 16.3 Å². The van der Waals surface area contributed by atoms with Crippen molar-refractivity contribution in [2.24, 2.45) is 5.73 Å². The van der Waals surface area contributed by atoms with Crippen molar-refractivity contribution < 1.29 is 35.5 Å². The molecule has 3 aromatic heterocycles. The number of hydrogen-bond donors (Lipinski definition) is 2. The third kappa shape index (κ3) is 5.23. The molecular formula is C27H24F3N5O5S. The number of nitrogens with zero attached hydrogens (tertiary/aromatic N) is 3. The number of carbonyl (C=O) groups is 1. The number of halogens is 3. The second kappa shape index (κ2) is 10.2. The molecule has 1 atom stereocenters. The molecule has 214 valence electrons. The third-order valence-corrected chi connectivity index (χ3v) is 7.42. The minimum Gasteiger partial charge on any atom is -0.494 e. The van der Waals surface area contributed by atoms with Gasteiger partial charge in [-0.1, -0.05) is 18.2 Å². The molecule has 14 heteroatoms. The van der Waals surface area contributed by atoms with Crippen LogP contribution in [0.25, 0.3) is 33.3 Å². The van der Waals surface area contributed by atoms with Crippen molar-refractivity contribution in [2.75, 3.05) is 13.4 Å². The van der Waals surface area contributed by atoms with Gasteiger partial charge in [0.25, 0.3) is 5.91 Å². The van der Waals surface area contributed by atoms with Gasteiger partial charge >= 0.3 is 6.18 Å². The summed E-state index contributed by atoms with van der Waals surface area (Å²) in [6.07, 6.45) is -2.15. The summed E-state index contributed by atoms with van der Waals surface area (Å²) < 4.78 is 76.7. The van der Waals surface area contributed by atoms with Gasteiger partial charge in [-0.2, -0.15) is 13.2 Å². The van der Waals surface area contributed by atoms with Crippen LogP contribution in [0.2, 0.25) is 0 Å². The van der Waals surface area contributed by atoms with Gasteiger partial charge < -0.3 is 20.2 Å². The summed E-state index contributed by atoms with van der Waals surface area (Å²) in [5, 5.41) is 3.63. The number of oxazole rings is 1. The number of para-hydroxylation sites is 1. The number of aromatic nitrogens is 3. The van der Waals surface area contributed by atoms with Crippen LogP contribution >= 0.6 is 0 Å². The number of fused-ring (bicyclic) bond motifs is 2. The molecule has 0 aliphatic heterocycles. The molecular weight excluding hydrogens is 563 g/mol. The van der Waals surface area contributed by atoms with E-state index < -0.39 is 33.8 Å². The van der Waals surface area contributed by atoms with Crippen molar-refractivity contribution in [1.82, 2.24) is 19.3 Å². The van der Waals surface area contributed by atoms with Gasteiger partial charge in [0, 0.05) is 29.1 Å². The molecule has 3 heterocycles. The summed E-state index contributed by atoms with van der Waals surface area (Å²) in [7, 11) is -2.28. The van der Waals surface area contributed by atoms with E-state index in [-0.39, 0.29) is 46.1 Å². The van der Waals surface area contributed by atoms with Crippen LogP contribution in [0, 0.1) is 0 Å². The molecule has 0 bridgehead atoms. The van der Waals surface area contributed by atoms with Gasteiger partial charge in [-0.05, 0) is 42.8 Å². The number of methoxy groups -OCH3 is 1. The fourth-order valence-electron chi connectivity index (χ4n) is 4.51. The predicted octanol–water partition coefficient (Wildman–Crippen LogP) is 4.63. The number of benzene rings is 2. The lowest BCUT2D eigenvalue weighted by Gasteiger charge is -2.11. The molecule has 0 fully saturated rings. The Morgan fingerprint density at radius 1 is 1.12 bits per heavy atom. The van der Waals surface area contributed by atoms with Crippen LogP contribution in [0.5, 0.6) is 5.75 Å². The summed E-state index contributed by atoms with van der Waals surface area (Å²) in [5.41, 5.74) is 6.08. The zero-order valence-electron chi connectivity index (χ0n) is 22.0. The molecule has 10 nitrogen and oxygen atoms in total. The molecule has 0 unspecified atom stereocenters. The first-order valence-electron chi connectivity index (χ1n) is 12.2. The Morgan fingerprint density at radius 3 is 2.51 bits per heavy atom. The van der Waals surface area contributed by atoms with Crippen LogP contribution in [0.3, 0.4) is 0 Å². The topological polar surface area (TPSA) is 142 Å². The second-order valence-electron chi connectivity index (χ2n) is 9.34. The van der Waals surface area contributed by atoms with Crippen LogP contribution in [0.4, 0.5) is 13.2 Å². The number of alkyl halides is 3. The Bertz CT molecular complexity index is 1910. The molecule has 0 aliphatic carbocycles. The predicted molar refractivity (Wildman–Crippen MR) is 145 cm³/mol. The van der Waals surface area contributed by atoms with Crippen LogP contribution in [-0.2, 0) is 22.7 Å². The van der Waals surface area contributed by atoms with Gasteiger partial charge in [-0.15, -0.1) is 0 Å². The van der Waals surface area contributed by atoms with E-state index in [9.17, 15) is 26.4 Å². The molecule has 41 heavy (non-hydrogen) atoms. The zero-order chi connectivity index (χ0) is 29.7. The Balaban J connectivity index is 1.52. The highest BCUT2D eigenvalue weighted by atomic mass is 32.2. The van der Waals surface area contributed by atoms with Crippen LogP contribution in [-0.4, -0.2) is 41.6 Å². The number of carbonyl (C=O) groups excluding carboxylic acids is 1. The maximum absolute atomic E-state index is 13.3. The van der Waals surface area contributed by atoms with Crippen LogP contribution < -0.4 is 15.8 Å². The number of nitrogens with two attached hydrogens (primary N) is 1. The molecule has 2 aromatic carbocycles. The summed E-state index contributed by atoms with van der Waals surface area (Å²) in [6.45, 7) is 1.56. The summed E-state index contributed by atoms with van der Waals surface area (Å²) in [5.74, 6) is -0.524. The van der Waals surface area contributed by atoms with Crippen molar-refractivity contribution in [3.8, 4) is 17.2 Å². The number of nitrogens with one attached hydrogen (secondary N) is 1. The number of amides is 1. The van der Waals surface area contributed by atoms with E-state index in [2.05, 4.69) is 15.3 Å². The van der Waals surface area contributed by atoms with Crippen molar-refractivity contribution >= 4 is 37.7 Å². The first-order chi connectivity index (χ1) is 19.3. The zero-order valence-corrected chi connectivity index (χ0v) is 22.8. The quantitative estimate of drug-likeness (QED) is 0.281. The maximum atomic E-state index is 13.3. The summed E-state index contributed by atoms with van der Waals surface area (Å²) in [6, 6.07) is 11.1. The van der Waals surface area contributed by atoms with E-state index in [1.807, 2.05) is 0 Å². The molecule has 0 saturated carbocycles. The van der Waals surface area contributed by atoms with Gasteiger partial charge in [0.05, 0.1) is 24.9 Å². The number of ether oxygens (including phenoxy) is 1. The number of pyridine rings is 1. The van der Waals surface area contributed by atoms with Crippen LogP contribution in [0.15, 0.2) is 59.1 Å². The minimum atomic E-state index is -4.67. The van der Waals surface area contributed by atoms with Crippen molar-refractivity contribution in [1.29, 1.82) is 0 Å². The van der Waals surface area contributed by atoms with E-state index in [0.29, 0.717) is 16.5 Å². The smallest absolute Gasteiger partial charge is 0.433 e. The van der Waals surface area contributed by atoms with E-state index in [4.69, 9.17) is 14.9 Å². The number of rotatable bonds is 7. The van der Waals surface area contributed by atoms with Crippen molar-refractivity contribution in [2.45, 2.75) is 25.7 Å². The second-order valence-corrected chi connectivity index (χ2v) is 11.2. The van der Waals surface area contributed by atoms with Crippen LogP contribution in [0.1, 0.15) is 40.5 Å². The van der Waals surface area contributed by atoms with E-state index in [1.54, 1.807) is 31.2 Å². The largest absolute Gasteiger partial charge is 0.494 e. The SMILES string of the molecule is COc1ccc(-c2nc(C(=O)NCc3cn(S(C)(=O)=O)c4ccccc34)c([C@H](C)N)o2)c2ccc(C(F)(F)F)nc12. The Kier molecular flexibility index (Phi) is 6.99. The highest BCUT2D eigenvalue weighted by Gasteiger charge is 2.33. The molecule has 1 amide bonds. The Hall–Kier alpha value is -4.43. The van der Waals surface area contributed by atoms with Crippen molar-refractivity contribution in [3.63, 3.8) is 0 Å². The molecule has 5 aromatic rings. The molecule has 0 radical (unpaired) electrons. The minimum absolute atomic E-state index is 0.0297. The highest BCUT2D eigenvalue weighted by Crippen LogP contribution is 2.37. The number of hydrogen-bond acceptors (Lipinski definition) is 8. The van der Waals surface area contributed by atoms with Gasteiger partial charge in [0.1, 0.15) is 17.0 Å². The standard InChI is InChI=1S/C27H24F3N5O5S/c1-14(31)24-23(25(36)32-12-15-13-35(41(3,37)38)19-7-5-4-6-16(15)19)34-26(40-24)18-8-10-20(39-2)22-17(18)9-11-21(33-22)27(28,29)30/h4-11,13-14H,12,31H2,1-3H3,(H,32,36)/t14-/m0/s1. The summed E-state index contributed by atoms with van der Waals surface area (Å²) in [4.78, 5) is 21.4. The van der Waals surface area contributed by atoms with Crippen molar-refractivity contribution in [3.05, 3.63) is 77.4 Å². The monoisotopic (exact) mass is 587 g/mol. The lowest BCUT2D eigenvalue weighted by atomic mass is 10.1. The normalized spacial score (nSPS) is 13.0. The molecule has 0 saturated heterocycles. The lowest BCUT2D eigenvalue weighted by Crippen LogP contribution is -2.25. The average Bonchev–Trinajstić information content (AvgIpc) is 3.53. The average molecular weight is 588 g/mol. The van der Waals surface area contributed by atoms with Gasteiger partial charge in [0.2, 0.25) is 15.9 Å². The third-order valence-electron chi connectivity index (χ3n) is 6.40. The summed E-state index contributed by atoms with van der Waals surface area (Å²) >= 11 is 0. The van der Waals surface area contributed by atoms with E-state index in [1.165, 1.54) is 31.5 Å². The Labute approximate surface area is 232 Å². The Morgan fingerprint density at radius 2 is 1.85 bits per heavy atom. The van der Waals surface area contributed by atoms with Gasteiger partial charge in [0.15, 0.2) is 11.5 Å². The fourth-order valence-corrected chi connectivity index (χ4v) is 5.35. The molecule has 0 aliphatic rings. The van der Waals surface area contributed by atoms with Gasteiger partial charge in [-0.3, -0.25) is 4.79 Å². The molecule has 0 spiro atoms. The van der Waals surface area contributed by atoms with Gasteiger partial charge in [-0.25, -0.2) is 22.4 Å². The molecule has 3 N–H and O–H groups in total. The maximum Gasteiger partial charge on any atom is 0.433 e. The first-order valence-corrected chi connectivity index (χ1v) is 14.0. The first kappa shape index (κ1) is 28.1. The molecule has 5 rings (SSSR count). The highest BCUT2D eigenvalue weighted by molar-refractivity contribution is 7.89. The lowest BCUT2D eigenvalue weighted by molar-refractivity contribution is -0.140.